The fourth-order valence-electron chi connectivity index (χ4n) is 3.03. The molecule has 0 aromatic heterocycles. The number of carbonyl (C=O) groups is 3. The van der Waals surface area contributed by atoms with Crippen LogP contribution in [0.1, 0.15) is 18.9 Å². The molecule has 1 unspecified atom stereocenters. The standard InChI is InChI=1S/C20H17Cl2N3O4.Li.2H2O/c1-10(26)23-13-2-4-14(5-3-13)24-18(27)7-11-6-17(20(28)29)25-16-9-12(21)8-15(22)19(11)16;;;/h2-5,7-9,17,25H,6H2,1H3,(H,23,26)(H,24,27)(H,28,29);;2*1H2/q;+1;;/p-1/b11-7+;;;. The molecule has 9 nitrogen and oxygen atoms in total. The van der Waals surface area contributed by atoms with Gasteiger partial charge in [-0.3, -0.25) is 9.59 Å². The molecule has 0 bridgehead atoms. The topological polar surface area (TPSA) is 169 Å². The molecule has 12 heteroatoms. The molecule has 2 aromatic carbocycles. The van der Waals surface area contributed by atoms with Gasteiger partial charge in [-0.2, -0.15) is 0 Å². The summed E-state index contributed by atoms with van der Waals surface area (Å²) in [7, 11) is 0. The monoisotopic (exact) mass is 475 g/mol. The van der Waals surface area contributed by atoms with Crippen LogP contribution in [0, 0.1) is 0 Å². The van der Waals surface area contributed by atoms with Crippen LogP contribution in [0.4, 0.5) is 17.1 Å². The van der Waals surface area contributed by atoms with Gasteiger partial charge in [0.1, 0.15) is 6.04 Å². The van der Waals surface area contributed by atoms with E-state index in [1.165, 1.54) is 19.1 Å². The van der Waals surface area contributed by atoms with Gasteiger partial charge in [0.15, 0.2) is 0 Å². The number of carboxylic acids is 1. The molecule has 0 saturated carbocycles. The van der Waals surface area contributed by atoms with Crippen molar-refractivity contribution >= 4 is 63.6 Å². The summed E-state index contributed by atoms with van der Waals surface area (Å²) in [6.07, 6.45) is 1.41. The van der Waals surface area contributed by atoms with Crippen LogP contribution in [-0.4, -0.2) is 39.9 Å². The molecule has 7 N–H and O–H groups in total. The van der Waals surface area contributed by atoms with Gasteiger partial charge in [0, 0.05) is 47.1 Å². The van der Waals surface area contributed by atoms with Gasteiger partial charge < -0.3 is 32.0 Å². The Balaban J connectivity index is 0.00000320. The van der Waals surface area contributed by atoms with E-state index in [4.69, 9.17) is 23.2 Å². The molecule has 2 amide bonds. The molecular weight excluding hydrogens is 456 g/mol. The summed E-state index contributed by atoms with van der Waals surface area (Å²) in [5.74, 6) is -1.68. The van der Waals surface area contributed by atoms with Gasteiger partial charge in [-0.25, -0.2) is 4.79 Å². The van der Waals surface area contributed by atoms with Crippen LogP contribution in [0.25, 0.3) is 5.57 Å². The summed E-state index contributed by atoms with van der Waals surface area (Å²) in [6.45, 7) is 1.40. The maximum absolute atomic E-state index is 12.5. The normalized spacial score (nSPS) is 15.0. The zero-order valence-electron chi connectivity index (χ0n) is 17.2. The van der Waals surface area contributed by atoms with Crippen molar-refractivity contribution in [1.29, 1.82) is 0 Å². The number of hydrogen-bond acceptors (Lipinski definition) is 5. The Morgan fingerprint density at radius 3 is 2.19 bits per heavy atom. The van der Waals surface area contributed by atoms with Gasteiger partial charge in [0.2, 0.25) is 11.8 Å². The number of hydrogen-bond donors (Lipinski definition) is 4. The number of benzene rings is 2. The van der Waals surface area contributed by atoms with E-state index >= 15 is 0 Å². The molecule has 1 aliphatic heterocycles. The maximum atomic E-state index is 12.5. The Labute approximate surface area is 206 Å². The van der Waals surface area contributed by atoms with E-state index in [1.54, 1.807) is 30.3 Å². The van der Waals surface area contributed by atoms with E-state index in [0.29, 0.717) is 38.2 Å². The largest absolute Gasteiger partial charge is 1.00 e. The smallest absolute Gasteiger partial charge is 0.870 e. The van der Waals surface area contributed by atoms with Gasteiger partial charge in [-0.1, -0.05) is 23.2 Å². The van der Waals surface area contributed by atoms with E-state index in [1.807, 2.05) is 0 Å². The van der Waals surface area contributed by atoms with Gasteiger partial charge in [-0.05, 0) is 42.0 Å². The minimum Gasteiger partial charge on any atom is -0.870 e. The number of halogens is 2. The number of fused-ring (bicyclic) bond motifs is 1. The summed E-state index contributed by atoms with van der Waals surface area (Å²) in [5.41, 5.74) is 2.62. The van der Waals surface area contributed by atoms with Crippen molar-refractivity contribution < 1.29 is 49.3 Å². The van der Waals surface area contributed by atoms with Crippen molar-refractivity contribution in [2.75, 3.05) is 16.0 Å². The molecule has 2 aromatic rings. The first-order chi connectivity index (χ1) is 13.7. The van der Waals surface area contributed by atoms with Crippen LogP contribution in [0.5, 0.6) is 0 Å². The average molecular weight is 476 g/mol. The van der Waals surface area contributed by atoms with Crippen LogP contribution < -0.4 is 34.8 Å². The first-order valence-electron chi connectivity index (χ1n) is 8.61. The number of amides is 2. The molecule has 0 fully saturated rings. The van der Waals surface area contributed by atoms with Crippen LogP contribution in [0.2, 0.25) is 10.0 Å². The third kappa shape index (κ3) is 7.27. The molecular formula is C20H20Cl2LiN3O6. The Morgan fingerprint density at radius 2 is 1.66 bits per heavy atom. The van der Waals surface area contributed by atoms with E-state index in [2.05, 4.69) is 16.0 Å². The predicted octanol–water partition coefficient (Wildman–Crippen LogP) is 0.245. The van der Waals surface area contributed by atoms with Crippen LogP contribution >= 0.6 is 23.2 Å². The van der Waals surface area contributed by atoms with Crippen molar-refractivity contribution in [3.63, 3.8) is 0 Å². The van der Waals surface area contributed by atoms with Gasteiger partial charge in [-0.15, -0.1) is 0 Å². The molecule has 1 aliphatic rings. The Bertz CT molecular complexity index is 1030. The zero-order chi connectivity index (χ0) is 21.1. The molecule has 0 spiro atoms. The van der Waals surface area contributed by atoms with Gasteiger partial charge >= 0.3 is 24.8 Å². The van der Waals surface area contributed by atoms with Crippen molar-refractivity contribution in [2.24, 2.45) is 0 Å². The summed E-state index contributed by atoms with van der Waals surface area (Å²) in [6, 6.07) is 8.80. The van der Waals surface area contributed by atoms with Crippen LogP contribution in [-0.2, 0) is 14.4 Å². The molecule has 166 valence electrons. The maximum Gasteiger partial charge on any atom is 1.00 e. The number of carboxylic acid groups (broad SMARTS) is 1. The molecule has 3 rings (SSSR count). The molecule has 0 aliphatic carbocycles. The van der Waals surface area contributed by atoms with Gasteiger partial charge in [0.05, 0.1) is 5.02 Å². The molecule has 1 atom stereocenters. The number of rotatable bonds is 4. The summed E-state index contributed by atoms with van der Waals surface area (Å²) < 4.78 is 0. The van der Waals surface area contributed by atoms with Crippen molar-refractivity contribution in [2.45, 2.75) is 19.4 Å². The minimum atomic E-state index is -1.05. The second-order valence-electron chi connectivity index (χ2n) is 6.47. The van der Waals surface area contributed by atoms with Crippen molar-refractivity contribution in [1.82, 2.24) is 0 Å². The Morgan fingerprint density at radius 1 is 1.09 bits per heavy atom. The van der Waals surface area contributed by atoms with Crippen LogP contribution in [0.15, 0.2) is 42.5 Å². The fraction of sp³-hybridized carbons (Fsp3) is 0.150. The number of aliphatic carboxylic acids is 1. The molecule has 32 heavy (non-hydrogen) atoms. The van der Waals surface area contributed by atoms with E-state index in [0.717, 1.165) is 0 Å². The summed E-state index contributed by atoms with van der Waals surface area (Å²) in [5, 5.41) is 18.3. The summed E-state index contributed by atoms with van der Waals surface area (Å²) in [4.78, 5) is 35.1. The summed E-state index contributed by atoms with van der Waals surface area (Å²) >= 11 is 12.3. The molecule has 0 radical (unpaired) electrons. The molecule has 0 saturated heterocycles. The molecule has 1 heterocycles. The van der Waals surface area contributed by atoms with Gasteiger partial charge in [0.25, 0.3) is 0 Å². The first-order valence-corrected chi connectivity index (χ1v) is 9.36. The quantitative estimate of drug-likeness (QED) is 0.364. The average Bonchev–Trinajstić information content (AvgIpc) is 2.61. The second kappa shape index (κ2) is 12.5. The number of anilines is 3. The number of nitrogens with one attached hydrogen (secondary N) is 3. The minimum absolute atomic E-state index is 0. The predicted molar refractivity (Wildman–Crippen MR) is 119 cm³/mol. The van der Waals surface area contributed by atoms with Crippen molar-refractivity contribution in [3.8, 4) is 0 Å². The van der Waals surface area contributed by atoms with Crippen LogP contribution in [0.3, 0.4) is 0 Å². The third-order valence-electron chi connectivity index (χ3n) is 4.21. The van der Waals surface area contributed by atoms with E-state index in [9.17, 15) is 19.5 Å². The SMILES string of the molecule is CC(=O)Nc1ccc(NC(=O)/C=C2\CC(C(=O)O)Nc3cc(Cl)cc(Cl)c32)cc1.O.[Li+].[OH-]. The van der Waals surface area contributed by atoms with E-state index < -0.39 is 17.9 Å². The van der Waals surface area contributed by atoms with E-state index in [-0.39, 0.29) is 42.1 Å². The van der Waals surface area contributed by atoms with Crippen molar-refractivity contribution in [3.05, 3.63) is 58.1 Å². The second-order valence-corrected chi connectivity index (χ2v) is 7.31. The number of carbonyl (C=O) groups excluding carboxylic acids is 2. The third-order valence-corrected chi connectivity index (χ3v) is 4.72. The fourth-order valence-corrected chi connectivity index (χ4v) is 3.65. The Hall–Kier alpha value is -2.51. The first kappa shape index (κ1) is 29.5. The zero-order valence-corrected chi connectivity index (χ0v) is 18.7. The Kier molecular flexibility index (Phi) is 11.5.